The number of hydrogen-bond acceptors (Lipinski definition) is 6. The lowest BCUT2D eigenvalue weighted by Crippen LogP contribution is -2.18. The average molecular weight is 526 g/mol. The van der Waals surface area contributed by atoms with E-state index < -0.39 is 23.6 Å². The van der Waals surface area contributed by atoms with Crippen molar-refractivity contribution in [2.24, 2.45) is 7.05 Å². The summed E-state index contributed by atoms with van der Waals surface area (Å²) in [5.74, 6) is 5.88. The van der Waals surface area contributed by atoms with E-state index in [0.717, 1.165) is 19.2 Å². The largest absolute Gasteiger partial charge is 0.481 e. The van der Waals surface area contributed by atoms with Crippen molar-refractivity contribution >= 4 is 61.6 Å². The normalized spacial score (nSPS) is 14.7. The molecule has 0 aliphatic heterocycles. The molecule has 1 fully saturated rings. The van der Waals surface area contributed by atoms with Gasteiger partial charge in [0.15, 0.2) is 0 Å². The lowest BCUT2D eigenvalue weighted by Gasteiger charge is -2.15. The van der Waals surface area contributed by atoms with Crippen molar-refractivity contribution in [1.82, 2.24) is 9.78 Å². The summed E-state index contributed by atoms with van der Waals surface area (Å²) in [5, 5.41) is 17.0. The smallest absolute Gasteiger partial charge is 0.413 e. The molecule has 0 saturated heterocycles. The van der Waals surface area contributed by atoms with Crippen LogP contribution >= 0.6 is 34.3 Å². The number of hydrogen-bond donors (Lipinski definition) is 2. The lowest BCUT2D eigenvalue weighted by molar-refractivity contribution is -0.139. The zero-order valence-corrected chi connectivity index (χ0v) is 21.2. The van der Waals surface area contributed by atoms with Gasteiger partial charge < -0.3 is 9.84 Å². The number of carbonyl (C=O) groups excluding carboxylic acids is 1. The molecule has 3 aromatic heterocycles. The highest BCUT2D eigenvalue weighted by atomic mass is 35.5. The van der Waals surface area contributed by atoms with E-state index in [0.29, 0.717) is 34.8 Å². The number of anilines is 1. The molecular formula is C25H20ClN3O4S2. The van der Waals surface area contributed by atoms with Crippen molar-refractivity contribution in [1.29, 1.82) is 0 Å². The van der Waals surface area contributed by atoms with Gasteiger partial charge in [0.2, 0.25) is 0 Å². The number of nitrogens with zero attached hydrogens (tertiary/aromatic N) is 2. The van der Waals surface area contributed by atoms with Crippen LogP contribution in [0, 0.1) is 11.8 Å². The summed E-state index contributed by atoms with van der Waals surface area (Å²) in [4.78, 5) is 25.9. The number of aryl methyl sites for hydroxylation is 1. The van der Waals surface area contributed by atoms with Gasteiger partial charge in [0.05, 0.1) is 16.6 Å². The third-order valence-corrected chi connectivity index (χ3v) is 8.70. The first-order valence-corrected chi connectivity index (χ1v) is 12.8. The summed E-state index contributed by atoms with van der Waals surface area (Å²) in [7, 11) is 1.71. The van der Waals surface area contributed by atoms with Crippen molar-refractivity contribution in [2.45, 2.75) is 31.3 Å². The van der Waals surface area contributed by atoms with Crippen molar-refractivity contribution < 1.29 is 19.4 Å². The Labute approximate surface area is 214 Å². The van der Waals surface area contributed by atoms with Gasteiger partial charge in [0, 0.05) is 31.9 Å². The molecule has 4 aromatic rings. The number of thiophene rings is 2. The van der Waals surface area contributed by atoms with Crippen molar-refractivity contribution in [3.05, 3.63) is 68.5 Å². The van der Waals surface area contributed by atoms with Crippen LogP contribution in [0.5, 0.6) is 0 Å². The highest BCUT2D eigenvalue weighted by Gasteiger charge is 2.53. The Hall–Kier alpha value is -3.32. The quantitative estimate of drug-likeness (QED) is 0.304. The van der Waals surface area contributed by atoms with Gasteiger partial charge in [-0.05, 0) is 38.0 Å². The zero-order chi connectivity index (χ0) is 24.7. The molecule has 1 saturated carbocycles. The summed E-state index contributed by atoms with van der Waals surface area (Å²) in [5.41, 5.74) is 0.574. The molecule has 1 aliphatic carbocycles. The number of benzene rings is 1. The van der Waals surface area contributed by atoms with Crippen LogP contribution in [0.15, 0.2) is 42.6 Å². The number of carbonyl (C=O) groups is 2. The SMILES string of the molecule is CC(OC(=O)Nc1c(C#Cc2cc3sc(C4(C(=O)O)CC4)cc3s2)cnn1C)c1ccccc1Cl. The van der Waals surface area contributed by atoms with Crippen LogP contribution in [0.25, 0.3) is 9.40 Å². The second kappa shape index (κ2) is 9.04. The Morgan fingerprint density at radius 1 is 1.23 bits per heavy atom. The molecule has 178 valence electrons. The molecule has 2 N–H and O–H groups in total. The standard InChI is InChI=1S/C25H20ClN3O4S2/c1-14(17-5-3-4-6-18(17)26)33-24(32)28-22-15(13-27-29(22)2)7-8-16-11-19-20(34-16)12-21(35-19)25(9-10-25)23(30)31/h3-6,11-14H,9-10H2,1-2H3,(H,28,32)(H,30,31). The first kappa shape index (κ1) is 23.4. The maximum atomic E-state index is 12.5. The Morgan fingerprint density at radius 2 is 1.97 bits per heavy atom. The highest BCUT2D eigenvalue weighted by Crippen LogP contribution is 2.52. The summed E-state index contributed by atoms with van der Waals surface area (Å²) in [6, 6.07) is 11.2. The fourth-order valence-corrected chi connectivity index (χ4v) is 6.56. The number of aromatic nitrogens is 2. The fourth-order valence-electron chi connectivity index (χ4n) is 3.78. The van der Waals surface area contributed by atoms with Crippen LogP contribution in [-0.4, -0.2) is 26.9 Å². The molecule has 5 rings (SSSR count). The number of ether oxygens (including phenoxy) is 1. The number of carboxylic acids is 1. The van der Waals surface area contributed by atoms with Gasteiger partial charge in [-0.25, -0.2) is 4.79 Å². The molecule has 1 aromatic carbocycles. The maximum Gasteiger partial charge on any atom is 0.413 e. The Kier molecular flexibility index (Phi) is 6.05. The summed E-state index contributed by atoms with van der Waals surface area (Å²) in [6.45, 7) is 1.75. The minimum absolute atomic E-state index is 0.423. The number of carboxylic acid groups (broad SMARTS) is 1. The Morgan fingerprint density at radius 3 is 2.66 bits per heavy atom. The number of fused-ring (bicyclic) bond motifs is 1. The molecular weight excluding hydrogens is 506 g/mol. The number of nitrogens with one attached hydrogen (secondary N) is 1. The number of aliphatic carboxylic acids is 1. The van der Waals surface area contributed by atoms with Gasteiger partial charge in [0.1, 0.15) is 17.3 Å². The third-order valence-electron chi connectivity index (χ3n) is 5.94. The van der Waals surface area contributed by atoms with E-state index in [9.17, 15) is 14.7 Å². The van der Waals surface area contributed by atoms with E-state index in [4.69, 9.17) is 16.3 Å². The van der Waals surface area contributed by atoms with E-state index in [2.05, 4.69) is 22.3 Å². The Bertz CT molecular complexity index is 1490. The van der Waals surface area contributed by atoms with Crippen LogP contribution in [0.4, 0.5) is 10.6 Å². The van der Waals surface area contributed by atoms with Crippen LogP contribution in [0.1, 0.15) is 46.8 Å². The molecule has 7 nitrogen and oxygen atoms in total. The third kappa shape index (κ3) is 4.52. The molecule has 1 unspecified atom stereocenters. The minimum Gasteiger partial charge on any atom is -0.481 e. The molecule has 1 aliphatic rings. The molecule has 1 amide bonds. The summed E-state index contributed by atoms with van der Waals surface area (Å²) >= 11 is 9.23. The van der Waals surface area contributed by atoms with Gasteiger partial charge in [-0.1, -0.05) is 41.6 Å². The number of halogens is 1. The molecule has 3 heterocycles. The fraction of sp³-hybridized carbons (Fsp3) is 0.240. The topological polar surface area (TPSA) is 93.4 Å². The molecule has 35 heavy (non-hydrogen) atoms. The molecule has 1 atom stereocenters. The summed E-state index contributed by atoms with van der Waals surface area (Å²) in [6.07, 6.45) is 1.79. The van der Waals surface area contributed by atoms with Crippen LogP contribution in [0.2, 0.25) is 5.02 Å². The highest BCUT2D eigenvalue weighted by molar-refractivity contribution is 7.28. The van der Waals surface area contributed by atoms with Gasteiger partial charge >= 0.3 is 12.1 Å². The van der Waals surface area contributed by atoms with Crippen LogP contribution < -0.4 is 5.32 Å². The van der Waals surface area contributed by atoms with Crippen LogP contribution in [-0.2, 0) is 22.0 Å². The van der Waals surface area contributed by atoms with Gasteiger partial charge in [-0.3, -0.25) is 14.8 Å². The number of rotatable bonds is 5. The van der Waals surface area contributed by atoms with E-state index in [1.165, 1.54) is 27.4 Å². The van der Waals surface area contributed by atoms with Crippen molar-refractivity contribution in [3.63, 3.8) is 0 Å². The van der Waals surface area contributed by atoms with E-state index >= 15 is 0 Å². The first-order chi connectivity index (χ1) is 16.8. The molecule has 0 spiro atoms. The van der Waals surface area contributed by atoms with Crippen molar-refractivity contribution in [2.75, 3.05) is 5.32 Å². The second-order valence-corrected chi connectivity index (χ2v) is 10.9. The average Bonchev–Trinajstić information content (AvgIpc) is 3.25. The second-order valence-electron chi connectivity index (χ2n) is 8.31. The van der Waals surface area contributed by atoms with Gasteiger partial charge in [-0.2, -0.15) is 5.10 Å². The number of amides is 1. The molecule has 10 heteroatoms. The van der Waals surface area contributed by atoms with Gasteiger partial charge in [-0.15, -0.1) is 22.7 Å². The van der Waals surface area contributed by atoms with E-state index in [1.54, 1.807) is 26.2 Å². The van der Waals surface area contributed by atoms with E-state index in [1.807, 2.05) is 30.3 Å². The molecule has 0 bridgehead atoms. The lowest BCUT2D eigenvalue weighted by atomic mass is 10.1. The minimum atomic E-state index is -0.747. The summed E-state index contributed by atoms with van der Waals surface area (Å²) < 4.78 is 9.07. The monoisotopic (exact) mass is 525 g/mol. The molecule has 0 radical (unpaired) electrons. The zero-order valence-electron chi connectivity index (χ0n) is 18.8. The van der Waals surface area contributed by atoms with E-state index in [-0.39, 0.29) is 0 Å². The maximum absolute atomic E-state index is 12.5. The van der Waals surface area contributed by atoms with Gasteiger partial charge in [0.25, 0.3) is 0 Å². The van der Waals surface area contributed by atoms with Crippen LogP contribution in [0.3, 0.4) is 0 Å². The predicted octanol–water partition coefficient (Wildman–Crippen LogP) is 6.18. The first-order valence-electron chi connectivity index (χ1n) is 10.8. The Balaban J connectivity index is 1.30. The van der Waals surface area contributed by atoms with Crippen molar-refractivity contribution in [3.8, 4) is 11.8 Å². The predicted molar refractivity (Wildman–Crippen MR) is 137 cm³/mol.